The van der Waals surface area contributed by atoms with Crippen LogP contribution in [0.25, 0.3) is 0 Å². The van der Waals surface area contributed by atoms with Crippen molar-refractivity contribution in [1.82, 2.24) is 9.55 Å². The van der Waals surface area contributed by atoms with Crippen LogP contribution in [0.2, 0.25) is 0 Å². The fraction of sp³-hybridized carbons (Fsp3) is 0.312. The van der Waals surface area contributed by atoms with Gasteiger partial charge in [0.25, 0.3) is 5.56 Å². The summed E-state index contributed by atoms with van der Waals surface area (Å²) in [6, 6.07) is 9.41. The molecule has 0 spiro atoms. The number of rotatable bonds is 8. The Labute approximate surface area is 143 Å². The van der Waals surface area contributed by atoms with Crippen LogP contribution in [0, 0.1) is 0 Å². The van der Waals surface area contributed by atoms with Crippen molar-refractivity contribution in [3.05, 3.63) is 56.7 Å². The quantitative estimate of drug-likeness (QED) is 0.518. The van der Waals surface area contributed by atoms with Crippen molar-refractivity contribution in [2.75, 3.05) is 30.9 Å². The van der Waals surface area contributed by atoms with Gasteiger partial charge in [-0.3, -0.25) is 19.1 Å². The minimum absolute atomic E-state index is 0.0668. The number of aromatic nitrogens is 2. The van der Waals surface area contributed by atoms with Crippen molar-refractivity contribution in [2.24, 2.45) is 5.73 Å². The minimum Gasteiger partial charge on any atom is -0.383 e. The molecule has 0 saturated carbocycles. The van der Waals surface area contributed by atoms with Crippen LogP contribution in [0.3, 0.4) is 0 Å². The largest absolute Gasteiger partial charge is 0.383 e. The minimum atomic E-state index is -0.639. The third-order valence-electron chi connectivity index (χ3n) is 3.47. The molecule has 2 aromatic rings. The van der Waals surface area contributed by atoms with Crippen molar-refractivity contribution in [3.63, 3.8) is 0 Å². The van der Waals surface area contributed by atoms with E-state index < -0.39 is 17.2 Å². The monoisotopic (exact) mass is 347 g/mol. The zero-order chi connectivity index (χ0) is 18.2. The van der Waals surface area contributed by atoms with Gasteiger partial charge in [0.2, 0.25) is 5.91 Å². The van der Waals surface area contributed by atoms with Gasteiger partial charge in [-0.2, -0.15) is 0 Å². The van der Waals surface area contributed by atoms with Crippen LogP contribution < -0.4 is 27.6 Å². The topological polar surface area (TPSA) is 131 Å². The lowest BCUT2D eigenvalue weighted by Gasteiger charge is -2.17. The second-order valence-electron chi connectivity index (χ2n) is 5.22. The number of nitrogens with zero attached hydrogens (tertiary/aromatic N) is 1. The van der Waals surface area contributed by atoms with Gasteiger partial charge >= 0.3 is 5.69 Å². The molecule has 25 heavy (non-hydrogen) atoms. The van der Waals surface area contributed by atoms with Crippen LogP contribution in [0.5, 0.6) is 0 Å². The number of H-pyrrole nitrogens is 1. The Hall–Kier alpha value is -2.91. The maximum absolute atomic E-state index is 12.2. The number of methoxy groups -OCH3 is 1. The molecule has 1 aromatic carbocycles. The molecular formula is C16H21N5O4. The van der Waals surface area contributed by atoms with Crippen molar-refractivity contribution in [1.29, 1.82) is 0 Å². The molecule has 0 aliphatic carbocycles. The number of aromatic amines is 1. The third kappa shape index (κ3) is 4.78. The van der Waals surface area contributed by atoms with Crippen molar-refractivity contribution < 1.29 is 9.53 Å². The first-order valence-electron chi connectivity index (χ1n) is 7.70. The molecule has 2 rings (SSSR count). The van der Waals surface area contributed by atoms with E-state index in [0.29, 0.717) is 6.54 Å². The van der Waals surface area contributed by atoms with Crippen molar-refractivity contribution in [3.8, 4) is 0 Å². The van der Waals surface area contributed by atoms with Gasteiger partial charge in [0.05, 0.1) is 19.7 Å². The molecule has 0 bridgehead atoms. The van der Waals surface area contributed by atoms with E-state index in [1.807, 2.05) is 30.3 Å². The summed E-state index contributed by atoms with van der Waals surface area (Å²) >= 11 is 0. The van der Waals surface area contributed by atoms with Crippen molar-refractivity contribution >= 4 is 17.4 Å². The molecule has 1 heterocycles. The normalized spacial score (nSPS) is 10.5. The molecule has 5 N–H and O–H groups in total. The van der Waals surface area contributed by atoms with Crippen LogP contribution in [0.4, 0.5) is 11.5 Å². The summed E-state index contributed by atoms with van der Waals surface area (Å²) in [5.74, 6) is -0.448. The van der Waals surface area contributed by atoms with Gasteiger partial charge in [0, 0.05) is 13.7 Å². The van der Waals surface area contributed by atoms with E-state index in [1.54, 1.807) is 0 Å². The number of ether oxygens (including phenoxy) is 1. The highest BCUT2D eigenvalue weighted by Gasteiger charge is 2.16. The number of hydrogen-bond donors (Lipinski definition) is 4. The zero-order valence-corrected chi connectivity index (χ0v) is 13.9. The summed E-state index contributed by atoms with van der Waals surface area (Å²) in [5.41, 5.74) is 5.09. The number of anilines is 2. The Kier molecular flexibility index (Phi) is 6.49. The first kappa shape index (κ1) is 18.4. The molecule has 1 amide bonds. The van der Waals surface area contributed by atoms with E-state index in [2.05, 4.69) is 15.6 Å². The highest BCUT2D eigenvalue weighted by Crippen LogP contribution is 2.16. The van der Waals surface area contributed by atoms with Crippen LogP contribution >= 0.6 is 0 Å². The van der Waals surface area contributed by atoms with E-state index in [9.17, 15) is 14.4 Å². The molecule has 0 saturated heterocycles. The van der Waals surface area contributed by atoms with Gasteiger partial charge in [0.15, 0.2) is 0 Å². The predicted octanol–water partition coefficient (Wildman–Crippen LogP) is -0.308. The molecule has 0 aliphatic heterocycles. The Morgan fingerprint density at radius 3 is 2.64 bits per heavy atom. The number of hydrogen-bond acceptors (Lipinski definition) is 6. The maximum Gasteiger partial charge on any atom is 0.330 e. The lowest BCUT2D eigenvalue weighted by Crippen LogP contribution is -2.37. The number of nitrogens with two attached hydrogens (primary N) is 1. The molecule has 134 valence electrons. The average Bonchev–Trinajstić information content (AvgIpc) is 2.61. The van der Waals surface area contributed by atoms with Crippen molar-refractivity contribution in [2.45, 2.75) is 13.1 Å². The third-order valence-corrected chi connectivity index (χ3v) is 3.47. The van der Waals surface area contributed by atoms with Gasteiger partial charge in [-0.25, -0.2) is 4.79 Å². The van der Waals surface area contributed by atoms with Gasteiger partial charge < -0.3 is 21.1 Å². The number of carbonyl (C=O) groups is 1. The van der Waals surface area contributed by atoms with Gasteiger partial charge in [-0.05, 0) is 5.56 Å². The lowest BCUT2D eigenvalue weighted by molar-refractivity contribution is -0.114. The van der Waals surface area contributed by atoms with E-state index >= 15 is 0 Å². The second-order valence-corrected chi connectivity index (χ2v) is 5.22. The van der Waals surface area contributed by atoms with Crippen LogP contribution in [0.15, 0.2) is 39.9 Å². The molecule has 9 nitrogen and oxygen atoms in total. The zero-order valence-electron chi connectivity index (χ0n) is 13.9. The lowest BCUT2D eigenvalue weighted by atomic mass is 10.2. The Balaban J connectivity index is 2.42. The maximum atomic E-state index is 12.2. The average molecular weight is 347 g/mol. The van der Waals surface area contributed by atoms with E-state index in [0.717, 1.165) is 5.56 Å². The molecule has 0 unspecified atom stereocenters. The molecule has 0 atom stereocenters. The predicted molar refractivity (Wildman–Crippen MR) is 94.7 cm³/mol. The van der Waals surface area contributed by atoms with E-state index in [1.165, 1.54) is 11.7 Å². The Bertz CT molecular complexity index is 829. The molecule has 0 radical (unpaired) electrons. The van der Waals surface area contributed by atoms with Crippen LogP contribution in [-0.2, 0) is 22.6 Å². The fourth-order valence-electron chi connectivity index (χ4n) is 2.23. The molecular weight excluding hydrogens is 326 g/mol. The number of carbonyl (C=O) groups excluding carboxylic acids is 1. The Morgan fingerprint density at radius 2 is 2.00 bits per heavy atom. The van der Waals surface area contributed by atoms with Gasteiger partial charge in [-0.15, -0.1) is 0 Å². The number of amides is 1. The first-order valence-corrected chi connectivity index (χ1v) is 7.70. The van der Waals surface area contributed by atoms with Gasteiger partial charge in [-0.1, -0.05) is 30.3 Å². The van der Waals surface area contributed by atoms with Crippen LogP contribution in [0.1, 0.15) is 5.56 Å². The van der Waals surface area contributed by atoms with E-state index in [4.69, 9.17) is 10.5 Å². The SMILES string of the molecule is COCCn1c(NC(=O)CN)c(NCc2ccccc2)c(=O)[nH]c1=O. The highest BCUT2D eigenvalue weighted by atomic mass is 16.5. The first-order chi connectivity index (χ1) is 12.1. The molecule has 0 fully saturated rings. The van der Waals surface area contributed by atoms with Gasteiger partial charge in [0.1, 0.15) is 11.5 Å². The smallest absolute Gasteiger partial charge is 0.330 e. The Morgan fingerprint density at radius 1 is 1.28 bits per heavy atom. The molecule has 1 aromatic heterocycles. The summed E-state index contributed by atoms with van der Waals surface area (Å²) in [6.45, 7) is 0.461. The summed E-state index contributed by atoms with van der Waals surface area (Å²) in [4.78, 5) is 38.3. The fourth-order valence-corrected chi connectivity index (χ4v) is 2.23. The second kappa shape index (κ2) is 8.81. The van der Waals surface area contributed by atoms with Crippen LogP contribution in [-0.4, -0.2) is 35.7 Å². The molecule has 9 heteroatoms. The summed E-state index contributed by atoms with van der Waals surface area (Å²) < 4.78 is 6.20. The number of benzene rings is 1. The van der Waals surface area contributed by atoms with E-state index in [-0.39, 0.29) is 31.2 Å². The number of nitrogens with one attached hydrogen (secondary N) is 3. The standard InChI is InChI=1S/C16H21N5O4/c1-25-8-7-21-14(19-12(22)9-17)13(15(23)20-16(21)24)18-10-11-5-3-2-4-6-11/h2-6,18H,7-10,17H2,1H3,(H,19,22)(H,20,23,24). The summed E-state index contributed by atoms with van der Waals surface area (Å²) in [6.07, 6.45) is 0. The summed E-state index contributed by atoms with van der Waals surface area (Å²) in [5, 5.41) is 5.49. The molecule has 0 aliphatic rings. The summed E-state index contributed by atoms with van der Waals surface area (Å²) in [7, 11) is 1.49. The highest BCUT2D eigenvalue weighted by molar-refractivity contribution is 5.94.